The topological polar surface area (TPSA) is 137 Å². The number of nitrogens with zero attached hydrogens (tertiary/aromatic N) is 4. The Kier molecular flexibility index (Phi) is 12.5. The van der Waals surface area contributed by atoms with E-state index in [1.54, 1.807) is 48.7 Å². The van der Waals surface area contributed by atoms with Crippen LogP contribution in [0.15, 0.2) is 79.1 Å². The fraction of sp³-hybridized carbons (Fsp3) is 0.282. The number of ketones is 2. The number of amides is 3. The highest BCUT2D eigenvalue weighted by molar-refractivity contribution is 6.29. The number of benzene rings is 2. The van der Waals surface area contributed by atoms with Gasteiger partial charge in [0.25, 0.3) is 5.91 Å². The maximum atomic E-state index is 13.4. The molecule has 3 N–H and O–H groups in total. The molecule has 262 valence electrons. The third-order valence-electron chi connectivity index (χ3n) is 8.60. The summed E-state index contributed by atoms with van der Waals surface area (Å²) in [6.07, 6.45) is 3.75. The van der Waals surface area contributed by atoms with Crippen molar-refractivity contribution in [3.63, 3.8) is 0 Å². The van der Waals surface area contributed by atoms with Crippen LogP contribution in [0.1, 0.15) is 69.5 Å². The molecule has 1 aliphatic rings. The summed E-state index contributed by atoms with van der Waals surface area (Å²) < 4.78 is 0. The molecule has 11 nitrogen and oxygen atoms in total. The van der Waals surface area contributed by atoms with Crippen molar-refractivity contribution in [1.82, 2.24) is 19.8 Å². The van der Waals surface area contributed by atoms with E-state index in [0.717, 1.165) is 6.54 Å². The van der Waals surface area contributed by atoms with Gasteiger partial charge in [0.1, 0.15) is 10.8 Å². The second-order valence-electron chi connectivity index (χ2n) is 12.2. The summed E-state index contributed by atoms with van der Waals surface area (Å²) in [5.41, 5.74) is 4.28. The second kappa shape index (κ2) is 17.4. The van der Waals surface area contributed by atoms with Crippen LogP contribution >= 0.6 is 11.6 Å². The smallest absolute Gasteiger partial charge is 0.323 e. The van der Waals surface area contributed by atoms with Gasteiger partial charge >= 0.3 is 6.03 Å². The number of aromatic nitrogens is 2. The van der Waals surface area contributed by atoms with Crippen molar-refractivity contribution >= 4 is 52.2 Å². The molecule has 2 aromatic carbocycles. The number of rotatable bonds is 11. The van der Waals surface area contributed by atoms with Crippen molar-refractivity contribution in [1.29, 1.82) is 0 Å². The van der Waals surface area contributed by atoms with Crippen molar-refractivity contribution in [2.24, 2.45) is 5.92 Å². The van der Waals surface area contributed by atoms with Gasteiger partial charge in [-0.15, -0.1) is 0 Å². The second-order valence-corrected chi connectivity index (χ2v) is 12.6. The van der Waals surface area contributed by atoms with Gasteiger partial charge in [-0.05, 0) is 67.8 Å². The molecule has 0 aliphatic carbocycles. The summed E-state index contributed by atoms with van der Waals surface area (Å²) in [5, 5.41) is 9.09. The van der Waals surface area contributed by atoms with Gasteiger partial charge in [-0.2, -0.15) is 0 Å². The molecule has 5 rings (SSSR count). The number of pyridine rings is 2. The fourth-order valence-corrected chi connectivity index (χ4v) is 5.79. The highest BCUT2D eigenvalue weighted by atomic mass is 35.5. The molecule has 1 atom stereocenters. The molecule has 3 amide bonds. The van der Waals surface area contributed by atoms with Crippen LogP contribution in [0.5, 0.6) is 0 Å². The van der Waals surface area contributed by atoms with Crippen LogP contribution in [0.3, 0.4) is 0 Å². The molecule has 0 radical (unpaired) electrons. The monoisotopic (exact) mass is 705 g/mol. The van der Waals surface area contributed by atoms with Crippen LogP contribution in [-0.4, -0.2) is 82.5 Å². The number of Topliss-reactive ketones (excluding diaryl/α,β-unsaturated/α-hetero) is 2. The third-order valence-corrected chi connectivity index (χ3v) is 8.81. The van der Waals surface area contributed by atoms with Gasteiger partial charge < -0.3 is 20.9 Å². The van der Waals surface area contributed by atoms with Crippen LogP contribution in [0, 0.1) is 17.8 Å². The number of piperazine rings is 1. The molecule has 51 heavy (non-hydrogen) atoms. The number of carbonyl (C=O) groups excluding carboxylic acids is 4. The Bertz CT molecular complexity index is 1980. The summed E-state index contributed by atoms with van der Waals surface area (Å²) in [7, 11) is 0. The van der Waals surface area contributed by atoms with Gasteiger partial charge in [-0.1, -0.05) is 49.6 Å². The van der Waals surface area contributed by atoms with Crippen molar-refractivity contribution in [2.75, 3.05) is 55.2 Å². The minimum absolute atomic E-state index is 0.0261. The van der Waals surface area contributed by atoms with Crippen LogP contribution < -0.4 is 16.0 Å². The van der Waals surface area contributed by atoms with E-state index in [0.29, 0.717) is 84.2 Å². The van der Waals surface area contributed by atoms with Crippen LogP contribution in [-0.2, 0) is 0 Å². The van der Waals surface area contributed by atoms with E-state index < -0.39 is 6.03 Å². The van der Waals surface area contributed by atoms with E-state index >= 15 is 0 Å². The quantitative estimate of drug-likeness (QED) is 0.0917. The lowest BCUT2D eigenvalue weighted by Gasteiger charge is -2.35. The Balaban J connectivity index is 1.13. The summed E-state index contributed by atoms with van der Waals surface area (Å²) in [6, 6.07) is 18.6. The highest BCUT2D eigenvalue weighted by Gasteiger charge is 2.24. The summed E-state index contributed by atoms with van der Waals surface area (Å²) in [5.74, 6) is 5.69. The Morgan fingerprint density at radius 1 is 0.882 bits per heavy atom. The molecular weight excluding hydrogens is 666 g/mol. The van der Waals surface area contributed by atoms with E-state index in [2.05, 4.69) is 42.7 Å². The van der Waals surface area contributed by atoms with Gasteiger partial charge in [0.15, 0.2) is 11.6 Å². The molecular formula is C39H40ClN7O4. The van der Waals surface area contributed by atoms with E-state index in [1.807, 2.05) is 36.9 Å². The lowest BCUT2D eigenvalue weighted by atomic mass is 9.91. The van der Waals surface area contributed by atoms with Gasteiger partial charge in [0.05, 0.1) is 5.56 Å². The van der Waals surface area contributed by atoms with E-state index in [4.69, 9.17) is 11.6 Å². The molecule has 1 aliphatic heterocycles. The molecule has 0 saturated carbocycles. The third kappa shape index (κ3) is 10.0. The Morgan fingerprint density at radius 3 is 2.29 bits per heavy atom. The first-order chi connectivity index (χ1) is 24.6. The zero-order valence-corrected chi connectivity index (χ0v) is 29.6. The first-order valence-electron chi connectivity index (χ1n) is 16.8. The standard InChI is InChI=1S/C39H40ClN7O4/c1-4-26(2)37(49)36-33(27(3)48)9-6-10-34(36)42-17-18-46-19-21-47(22-20-46)38(50)29-8-5-7-28(23-29)11-12-30-24-31(13-15-41-30)44-39(51)45-32-14-16-43-35(40)25-32/h5-10,13-16,23-26,42H,4,17-22H2,1-3H3,(H2,41,43,44,45,51). The zero-order valence-electron chi connectivity index (χ0n) is 28.8. The summed E-state index contributed by atoms with van der Waals surface area (Å²) in [4.78, 5) is 63.6. The predicted octanol–water partition coefficient (Wildman–Crippen LogP) is 6.48. The Morgan fingerprint density at radius 2 is 1.59 bits per heavy atom. The van der Waals surface area contributed by atoms with Crippen LogP contribution in [0.2, 0.25) is 5.15 Å². The largest absolute Gasteiger partial charge is 0.383 e. The maximum absolute atomic E-state index is 13.4. The first kappa shape index (κ1) is 36.7. The molecule has 12 heteroatoms. The number of halogens is 1. The van der Waals surface area contributed by atoms with Crippen LogP contribution in [0.25, 0.3) is 0 Å². The predicted molar refractivity (Wildman–Crippen MR) is 200 cm³/mol. The molecule has 0 bridgehead atoms. The molecule has 0 spiro atoms. The molecule has 2 aromatic heterocycles. The van der Waals surface area contributed by atoms with Crippen molar-refractivity contribution < 1.29 is 19.2 Å². The first-order valence-corrected chi connectivity index (χ1v) is 17.2. The number of carbonyl (C=O) groups is 4. The van der Waals surface area contributed by atoms with Gasteiger partial charge in [-0.3, -0.25) is 19.3 Å². The summed E-state index contributed by atoms with van der Waals surface area (Å²) >= 11 is 5.88. The van der Waals surface area contributed by atoms with Crippen molar-refractivity contribution in [3.8, 4) is 11.8 Å². The molecule has 1 fully saturated rings. The van der Waals surface area contributed by atoms with E-state index in [-0.39, 0.29) is 28.5 Å². The minimum Gasteiger partial charge on any atom is -0.383 e. The van der Waals surface area contributed by atoms with Gasteiger partial charge in [0.2, 0.25) is 0 Å². The number of hydrogen-bond acceptors (Lipinski definition) is 8. The molecule has 1 unspecified atom stereocenters. The Hall–Kier alpha value is -5.57. The SMILES string of the molecule is CCC(C)C(=O)c1c(NCCN2CCN(C(=O)c3cccc(C#Cc4cc(NC(=O)Nc5ccnc(Cl)c5)ccn4)c3)CC2)cccc1C(C)=O. The average molecular weight is 706 g/mol. The van der Waals surface area contributed by atoms with Crippen molar-refractivity contribution in [2.45, 2.75) is 27.2 Å². The summed E-state index contributed by atoms with van der Waals surface area (Å²) in [6.45, 7) is 9.25. The normalized spacial score (nSPS) is 13.4. The van der Waals surface area contributed by atoms with Gasteiger partial charge in [0, 0.05) is 91.3 Å². The number of hydrogen-bond donors (Lipinski definition) is 3. The number of urea groups is 1. The van der Waals surface area contributed by atoms with E-state index in [9.17, 15) is 19.2 Å². The van der Waals surface area contributed by atoms with Crippen LogP contribution in [0.4, 0.5) is 21.9 Å². The van der Waals surface area contributed by atoms with Gasteiger partial charge in [-0.25, -0.2) is 14.8 Å². The van der Waals surface area contributed by atoms with Crippen molar-refractivity contribution in [3.05, 3.63) is 112 Å². The highest BCUT2D eigenvalue weighted by Crippen LogP contribution is 2.25. The number of anilines is 3. The van der Waals surface area contributed by atoms with E-state index in [1.165, 1.54) is 19.2 Å². The maximum Gasteiger partial charge on any atom is 0.323 e. The molecule has 4 aromatic rings. The number of nitrogens with one attached hydrogen (secondary N) is 3. The fourth-order valence-electron chi connectivity index (χ4n) is 5.61. The lowest BCUT2D eigenvalue weighted by molar-refractivity contribution is 0.0641. The molecule has 1 saturated heterocycles. The Labute approximate surface area is 302 Å². The average Bonchev–Trinajstić information content (AvgIpc) is 3.13. The lowest BCUT2D eigenvalue weighted by Crippen LogP contribution is -2.49. The molecule has 3 heterocycles. The minimum atomic E-state index is -0.453. The zero-order chi connectivity index (χ0) is 36.3.